The van der Waals surface area contributed by atoms with E-state index in [0.717, 1.165) is 42.3 Å². The second-order valence-electron chi connectivity index (χ2n) is 6.18. The van der Waals surface area contributed by atoms with Crippen molar-refractivity contribution in [2.24, 2.45) is 0 Å². The predicted molar refractivity (Wildman–Crippen MR) is 78.3 cm³/mol. The van der Waals surface area contributed by atoms with E-state index in [-0.39, 0.29) is 11.8 Å². The average molecular weight is 301 g/mol. The van der Waals surface area contributed by atoms with E-state index in [0.29, 0.717) is 13.1 Å². The molecule has 1 amide bonds. The third-order valence-corrected chi connectivity index (χ3v) is 4.53. The van der Waals surface area contributed by atoms with Gasteiger partial charge < -0.3 is 9.80 Å². The second-order valence-corrected chi connectivity index (χ2v) is 6.18. The van der Waals surface area contributed by atoms with Crippen LogP contribution in [0, 0.1) is 0 Å². The number of hydrogen-bond donors (Lipinski definition) is 1. The van der Waals surface area contributed by atoms with Gasteiger partial charge in [0.05, 0.1) is 18.2 Å². The number of aromatic amines is 1. The minimum Gasteiger partial charge on any atom is -0.340 e. The maximum atomic E-state index is 12.8. The van der Waals surface area contributed by atoms with E-state index in [2.05, 4.69) is 27.1 Å². The molecule has 0 aliphatic carbocycles. The molecule has 0 spiro atoms. The summed E-state index contributed by atoms with van der Waals surface area (Å²) in [7, 11) is 3.91. The van der Waals surface area contributed by atoms with Crippen molar-refractivity contribution < 1.29 is 4.79 Å². The largest absolute Gasteiger partial charge is 0.340 e. The van der Waals surface area contributed by atoms with E-state index in [9.17, 15) is 4.79 Å². The first-order valence-electron chi connectivity index (χ1n) is 7.51. The highest BCUT2D eigenvalue weighted by Crippen LogP contribution is 2.28. The van der Waals surface area contributed by atoms with Crippen LogP contribution in [-0.4, -0.2) is 67.9 Å². The first kappa shape index (κ1) is 13.4. The normalized spacial score (nSPS) is 22.4. The molecule has 2 aromatic heterocycles. The molecule has 0 fully saturated rings. The smallest absolute Gasteiger partial charge is 0.272 e. The van der Waals surface area contributed by atoms with Gasteiger partial charge in [-0.1, -0.05) is 0 Å². The molecular formula is C14H19N7O. The van der Waals surface area contributed by atoms with Gasteiger partial charge in [0, 0.05) is 38.7 Å². The van der Waals surface area contributed by atoms with E-state index in [1.807, 2.05) is 11.7 Å². The Labute approximate surface area is 128 Å². The number of fused-ring (bicyclic) bond motifs is 3. The molecule has 1 atom stereocenters. The molecule has 2 aliphatic rings. The number of carbonyl (C=O) groups is 1. The Morgan fingerprint density at radius 1 is 1.32 bits per heavy atom. The molecule has 1 unspecified atom stereocenters. The van der Waals surface area contributed by atoms with Crippen LogP contribution in [0.15, 0.2) is 6.33 Å². The zero-order valence-electron chi connectivity index (χ0n) is 12.8. The van der Waals surface area contributed by atoms with Crippen LogP contribution in [0.1, 0.15) is 33.5 Å². The quantitative estimate of drug-likeness (QED) is 0.792. The van der Waals surface area contributed by atoms with Gasteiger partial charge in [-0.2, -0.15) is 10.2 Å². The fourth-order valence-corrected chi connectivity index (χ4v) is 3.37. The van der Waals surface area contributed by atoms with Crippen molar-refractivity contribution >= 4 is 5.91 Å². The summed E-state index contributed by atoms with van der Waals surface area (Å²) in [5.74, 6) is 0.834. The Hall–Kier alpha value is -2.22. The lowest BCUT2D eigenvalue weighted by molar-refractivity contribution is 0.0788. The van der Waals surface area contributed by atoms with Gasteiger partial charge in [0.25, 0.3) is 5.91 Å². The molecule has 4 rings (SSSR count). The summed E-state index contributed by atoms with van der Waals surface area (Å²) in [5, 5.41) is 11.6. The zero-order chi connectivity index (χ0) is 15.3. The van der Waals surface area contributed by atoms with E-state index in [1.165, 1.54) is 0 Å². The van der Waals surface area contributed by atoms with Crippen molar-refractivity contribution in [1.29, 1.82) is 0 Å². The van der Waals surface area contributed by atoms with Crippen molar-refractivity contribution in [2.45, 2.75) is 25.4 Å². The maximum Gasteiger partial charge on any atom is 0.272 e. The molecule has 2 aliphatic heterocycles. The highest BCUT2D eigenvalue weighted by atomic mass is 16.2. The Balaban J connectivity index is 1.78. The summed E-state index contributed by atoms with van der Waals surface area (Å²) in [5.41, 5.74) is 2.88. The van der Waals surface area contributed by atoms with Crippen LogP contribution in [0.25, 0.3) is 0 Å². The number of carbonyl (C=O) groups excluding carboxylic acids is 1. The lowest BCUT2D eigenvalue weighted by Gasteiger charge is -2.23. The van der Waals surface area contributed by atoms with Gasteiger partial charge in [0.1, 0.15) is 12.0 Å². The van der Waals surface area contributed by atoms with E-state index < -0.39 is 0 Å². The number of hydrogen-bond acceptors (Lipinski definition) is 5. The Morgan fingerprint density at radius 3 is 2.95 bits per heavy atom. The van der Waals surface area contributed by atoms with Gasteiger partial charge in [-0.15, -0.1) is 0 Å². The standard InChI is InChI=1S/C14H19N7O/c1-19-4-3-11-10(7-19)12-14(22)20(2)5-9(6-21(12)18-11)13-15-8-16-17-13/h8-9H,3-7H2,1-2H3,(H,15,16,17). The van der Waals surface area contributed by atoms with Crippen LogP contribution in [0.4, 0.5) is 0 Å². The van der Waals surface area contributed by atoms with Gasteiger partial charge >= 0.3 is 0 Å². The van der Waals surface area contributed by atoms with Crippen molar-refractivity contribution in [3.8, 4) is 0 Å². The maximum absolute atomic E-state index is 12.8. The van der Waals surface area contributed by atoms with Crippen LogP contribution < -0.4 is 0 Å². The molecule has 8 nitrogen and oxygen atoms in total. The molecule has 22 heavy (non-hydrogen) atoms. The Kier molecular flexibility index (Phi) is 3.00. The molecule has 4 heterocycles. The number of nitrogens with one attached hydrogen (secondary N) is 1. The van der Waals surface area contributed by atoms with Crippen molar-refractivity contribution in [2.75, 3.05) is 27.2 Å². The van der Waals surface area contributed by atoms with Crippen LogP contribution in [0.5, 0.6) is 0 Å². The van der Waals surface area contributed by atoms with E-state index in [1.54, 1.807) is 11.2 Å². The molecule has 0 bridgehead atoms. The number of likely N-dealkylation sites (N-methyl/N-ethyl adjacent to an activating group) is 2. The number of aromatic nitrogens is 5. The molecular weight excluding hydrogens is 282 g/mol. The molecule has 1 N–H and O–H groups in total. The van der Waals surface area contributed by atoms with Gasteiger partial charge in [-0.05, 0) is 7.05 Å². The first-order valence-corrected chi connectivity index (χ1v) is 7.51. The van der Waals surface area contributed by atoms with Crippen LogP contribution in [-0.2, 0) is 19.5 Å². The summed E-state index contributed by atoms with van der Waals surface area (Å²) in [4.78, 5) is 21.0. The molecule has 2 aromatic rings. The molecule has 0 saturated heterocycles. The zero-order valence-corrected chi connectivity index (χ0v) is 12.8. The minimum atomic E-state index is 0.0436. The lowest BCUT2D eigenvalue weighted by atomic mass is 10.1. The summed E-state index contributed by atoms with van der Waals surface area (Å²) in [6, 6.07) is 0. The first-order chi connectivity index (χ1) is 10.6. The molecule has 8 heteroatoms. The molecule has 0 saturated carbocycles. The third kappa shape index (κ3) is 2.02. The SMILES string of the molecule is CN1CCc2nn3c(c2C1)C(=O)N(C)CC(c1nc[nH]n1)C3. The number of amides is 1. The predicted octanol–water partition coefficient (Wildman–Crippen LogP) is -0.142. The lowest BCUT2D eigenvalue weighted by Crippen LogP contribution is -2.32. The van der Waals surface area contributed by atoms with Gasteiger partial charge in [-0.3, -0.25) is 14.6 Å². The number of nitrogens with zero attached hydrogens (tertiary/aromatic N) is 6. The third-order valence-electron chi connectivity index (χ3n) is 4.53. The van der Waals surface area contributed by atoms with E-state index >= 15 is 0 Å². The van der Waals surface area contributed by atoms with Crippen LogP contribution >= 0.6 is 0 Å². The van der Waals surface area contributed by atoms with Crippen LogP contribution in [0.3, 0.4) is 0 Å². The molecule has 116 valence electrons. The summed E-state index contributed by atoms with van der Waals surface area (Å²) < 4.78 is 1.87. The van der Waals surface area contributed by atoms with E-state index in [4.69, 9.17) is 5.10 Å². The van der Waals surface area contributed by atoms with Gasteiger partial charge in [0.2, 0.25) is 0 Å². The molecule has 0 radical (unpaired) electrons. The highest BCUT2D eigenvalue weighted by molar-refractivity contribution is 5.94. The van der Waals surface area contributed by atoms with Crippen LogP contribution in [0.2, 0.25) is 0 Å². The minimum absolute atomic E-state index is 0.0436. The summed E-state index contributed by atoms with van der Waals surface area (Å²) in [6.07, 6.45) is 2.47. The van der Waals surface area contributed by atoms with Gasteiger partial charge in [-0.25, -0.2) is 4.98 Å². The van der Waals surface area contributed by atoms with Crippen molar-refractivity contribution in [3.05, 3.63) is 29.1 Å². The number of rotatable bonds is 1. The fourth-order valence-electron chi connectivity index (χ4n) is 3.37. The highest BCUT2D eigenvalue weighted by Gasteiger charge is 2.34. The number of H-pyrrole nitrogens is 1. The molecule has 0 aromatic carbocycles. The Bertz CT molecular complexity index is 705. The summed E-state index contributed by atoms with van der Waals surface area (Å²) in [6.45, 7) is 3.01. The second kappa shape index (κ2) is 4.91. The summed E-state index contributed by atoms with van der Waals surface area (Å²) >= 11 is 0. The van der Waals surface area contributed by atoms with Crippen molar-refractivity contribution in [3.63, 3.8) is 0 Å². The van der Waals surface area contributed by atoms with Crippen molar-refractivity contribution in [1.82, 2.24) is 34.8 Å². The van der Waals surface area contributed by atoms with Gasteiger partial charge in [0.15, 0.2) is 5.82 Å². The average Bonchev–Trinajstić information content (AvgIpc) is 3.10. The fraction of sp³-hybridized carbons (Fsp3) is 0.571. The monoisotopic (exact) mass is 301 g/mol. The topological polar surface area (TPSA) is 82.9 Å². The Morgan fingerprint density at radius 2 is 2.18 bits per heavy atom.